The Morgan fingerprint density at radius 3 is 2.44 bits per heavy atom. The zero-order valence-corrected chi connectivity index (χ0v) is 9.37. The van der Waals surface area contributed by atoms with Gasteiger partial charge in [0.25, 0.3) is 0 Å². The lowest BCUT2D eigenvalue weighted by Crippen LogP contribution is -2.03. The van der Waals surface area contributed by atoms with E-state index in [1.165, 1.54) is 11.1 Å². The normalized spacial score (nSPS) is 12.1. The predicted molar refractivity (Wildman–Crippen MR) is 65.7 cm³/mol. The molecule has 3 rings (SSSR count). The summed E-state index contributed by atoms with van der Waals surface area (Å²) in [5, 5.41) is 3.38. The van der Waals surface area contributed by atoms with Crippen molar-refractivity contribution in [1.29, 1.82) is 0 Å². The number of aryl methyl sites for hydroxylation is 2. The molecule has 0 spiro atoms. The molecular formula is C14H13NO. The first-order chi connectivity index (χ1) is 7.72. The summed E-state index contributed by atoms with van der Waals surface area (Å²) in [5.41, 5.74) is 4.50. The summed E-state index contributed by atoms with van der Waals surface area (Å²) < 4.78 is 5.85. The fraction of sp³-hybridized carbons (Fsp3) is 0.143. The van der Waals surface area contributed by atoms with Gasteiger partial charge in [0.05, 0.1) is 11.4 Å². The molecule has 1 aliphatic rings. The topological polar surface area (TPSA) is 21.3 Å². The lowest BCUT2D eigenvalue weighted by atomic mass is 10.1. The van der Waals surface area contributed by atoms with Gasteiger partial charge in [-0.25, -0.2) is 0 Å². The Bertz CT molecular complexity index is 509. The Labute approximate surface area is 94.9 Å². The van der Waals surface area contributed by atoms with Gasteiger partial charge in [-0.1, -0.05) is 12.1 Å². The smallest absolute Gasteiger partial charge is 0.151 e. The van der Waals surface area contributed by atoms with Gasteiger partial charge in [-0.15, -0.1) is 0 Å². The SMILES string of the molecule is Cc1ccc2c(c1)Nc1ccc(C)cc1O2. The summed E-state index contributed by atoms with van der Waals surface area (Å²) in [6.45, 7) is 4.14. The molecule has 0 radical (unpaired) electrons. The van der Waals surface area contributed by atoms with Gasteiger partial charge in [-0.2, -0.15) is 0 Å². The Morgan fingerprint density at radius 2 is 1.56 bits per heavy atom. The molecule has 2 aromatic rings. The van der Waals surface area contributed by atoms with Gasteiger partial charge < -0.3 is 10.1 Å². The second-order valence-corrected chi connectivity index (χ2v) is 4.23. The number of fused-ring (bicyclic) bond motifs is 2. The van der Waals surface area contributed by atoms with Crippen molar-refractivity contribution in [2.24, 2.45) is 0 Å². The number of hydrogen-bond acceptors (Lipinski definition) is 2. The van der Waals surface area contributed by atoms with Crippen LogP contribution in [0.4, 0.5) is 11.4 Å². The quantitative estimate of drug-likeness (QED) is 0.603. The van der Waals surface area contributed by atoms with Crippen LogP contribution in [0.15, 0.2) is 36.4 Å². The summed E-state index contributed by atoms with van der Waals surface area (Å²) in [4.78, 5) is 0. The Hall–Kier alpha value is -1.96. The monoisotopic (exact) mass is 211 g/mol. The molecule has 0 fully saturated rings. The molecule has 0 aliphatic carbocycles. The van der Waals surface area contributed by atoms with Crippen molar-refractivity contribution in [2.45, 2.75) is 13.8 Å². The van der Waals surface area contributed by atoms with Crippen LogP contribution in [0.3, 0.4) is 0 Å². The minimum absolute atomic E-state index is 0.892. The summed E-state index contributed by atoms with van der Waals surface area (Å²) in [6, 6.07) is 12.3. The van der Waals surface area contributed by atoms with E-state index in [9.17, 15) is 0 Å². The van der Waals surface area contributed by atoms with Crippen LogP contribution in [-0.4, -0.2) is 0 Å². The lowest BCUT2D eigenvalue weighted by molar-refractivity contribution is 0.480. The van der Waals surface area contributed by atoms with Crippen LogP contribution in [0, 0.1) is 13.8 Å². The van der Waals surface area contributed by atoms with Crippen molar-refractivity contribution >= 4 is 11.4 Å². The van der Waals surface area contributed by atoms with Crippen LogP contribution >= 0.6 is 0 Å². The molecule has 0 saturated carbocycles. The number of rotatable bonds is 0. The maximum Gasteiger partial charge on any atom is 0.151 e. The minimum Gasteiger partial charge on any atom is -0.453 e. The third-order valence-corrected chi connectivity index (χ3v) is 2.76. The molecule has 2 heteroatoms. The zero-order valence-electron chi connectivity index (χ0n) is 9.37. The summed E-state index contributed by atoms with van der Waals surface area (Å²) in [6.07, 6.45) is 0. The predicted octanol–water partition coefficient (Wildman–Crippen LogP) is 4.15. The van der Waals surface area contributed by atoms with Crippen LogP contribution in [-0.2, 0) is 0 Å². The standard InChI is InChI=1S/C14H13NO/c1-9-4-6-13-12(7-9)15-11-5-3-10(2)8-14(11)16-13/h3-8,15H,1-2H3. The van der Waals surface area contributed by atoms with E-state index in [1.807, 2.05) is 12.1 Å². The van der Waals surface area contributed by atoms with Gasteiger partial charge in [0.15, 0.2) is 11.5 Å². The zero-order chi connectivity index (χ0) is 11.1. The molecule has 1 N–H and O–H groups in total. The van der Waals surface area contributed by atoms with E-state index in [2.05, 4.69) is 43.4 Å². The highest BCUT2D eigenvalue weighted by Crippen LogP contribution is 2.42. The van der Waals surface area contributed by atoms with Crippen molar-refractivity contribution in [3.63, 3.8) is 0 Å². The highest BCUT2D eigenvalue weighted by atomic mass is 16.5. The maximum atomic E-state index is 5.85. The molecule has 16 heavy (non-hydrogen) atoms. The Balaban J connectivity index is 2.09. The van der Waals surface area contributed by atoms with Gasteiger partial charge in [-0.3, -0.25) is 0 Å². The first-order valence-corrected chi connectivity index (χ1v) is 5.38. The highest BCUT2D eigenvalue weighted by Gasteiger charge is 2.15. The first-order valence-electron chi connectivity index (χ1n) is 5.38. The molecule has 1 heterocycles. The van der Waals surface area contributed by atoms with E-state index in [0.717, 1.165) is 22.9 Å². The van der Waals surface area contributed by atoms with Gasteiger partial charge >= 0.3 is 0 Å². The molecule has 0 bridgehead atoms. The van der Waals surface area contributed by atoms with E-state index >= 15 is 0 Å². The van der Waals surface area contributed by atoms with Crippen molar-refractivity contribution in [1.82, 2.24) is 0 Å². The molecule has 0 saturated heterocycles. The number of benzene rings is 2. The van der Waals surface area contributed by atoms with E-state index in [0.29, 0.717) is 0 Å². The molecular weight excluding hydrogens is 198 g/mol. The minimum atomic E-state index is 0.892. The maximum absolute atomic E-state index is 5.85. The molecule has 1 aliphatic heterocycles. The lowest BCUT2D eigenvalue weighted by Gasteiger charge is -2.22. The average molecular weight is 211 g/mol. The van der Waals surface area contributed by atoms with E-state index in [-0.39, 0.29) is 0 Å². The van der Waals surface area contributed by atoms with Gasteiger partial charge in [0.2, 0.25) is 0 Å². The van der Waals surface area contributed by atoms with Crippen LogP contribution in [0.2, 0.25) is 0 Å². The third-order valence-electron chi connectivity index (χ3n) is 2.76. The molecule has 80 valence electrons. The second-order valence-electron chi connectivity index (χ2n) is 4.23. The highest BCUT2D eigenvalue weighted by molar-refractivity contribution is 5.76. The van der Waals surface area contributed by atoms with Crippen LogP contribution < -0.4 is 10.1 Å². The first kappa shape index (κ1) is 9.28. The molecule has 2 nitrogen and oxygen atoms in total. The van der Waals surface area contributed by atoms with Crippen LogP contribution in [0.1, 0.15) is 11.1 Å². The fourth-order valence-electron chi connectivity index (χ4n) is 1.91. The molecule has 0 atom stereocenters. The van der Waals surface area contributed by atoms with Gasteiger partial charge in [0, 0.05) is 0 Å². The van der Waals surface area contributed by atoms with Crippen LogP contribution in [0.25, 0.3) is 0 Å². The second kappa shape index (κ2) is 3.27. The Morgan fingerprint density at radius 1 is 0.812 bits per heavy atom. The van der Waals surface area contributed by atoms with Crippen LogP contribution in [0.5, 0.6) is 11.5 Å². The summed E-state index contributed by atoms with van der Waals surface area (Å²) in [5.74, 6) is 1.79. The number of nitrogens with one attached hydrogen (secondary N) is 1. The number of ether oxygens (including phenoxy) is 1. The van der Waals surface area contributed by atoms with E-state index < -0.39 is 0 Å². The van der Waals surface area contributed by atoms with E-state index in [4.69, 9.17) is 4.74 Å². The fourth-order valence-corrected chi connectivity index (χ4v) is 1.91. The third kappa shape index (κ3) is 1.43. The molecule has 2 aromatic carbocycles. The molecule has 0 unspecified atom stereocenters. The van der Waals surface area contributed by atoms with Crippen molar-refractivity contribution in [3.8, 4) is 11.5 Å². The van der Waals surface area contributed by atoms with Crippen molar-refractivity contribution in [2.75, 3.05) is 5.32 Å². The Kier molecular flexibility index (Phi) is 1.90. The van der Waals surface area contributed by atoms with Gasteiger partial charge in [0.1, 0.15) is 0 Å². The van der Waals surface area contributed by atoms with Crippen molar-refractivity contribution < 1.29 is 4.74 Å². The number of anilines is 2. The molecule has 0 aromatic heterocycles. The number of hydrogen-bond donors (Lipinski definition) is 1. The summed E-state index contributed by atoms with van der Waals surface area (Å²) in [7, 11) is 0. The average Bonchev–Trinajstić information content (AvgIpc) is 2.26. The van der Waals surface area contributed by atoms with Crippen molar-refractivity contribution in [3.05, 3.63) is 47.5 Å². The van der Waals surface area contributed by atoms with Gasteiger partial charge in [-0.05, 0) is 49.2 Å². The largest absolute Gasteiger partial charge is 0.453 e. The summed E-state index contributed by atoms with van der Waals surface area (Å²) >= 11 is 0. The molecule has 0 amide bonds. The van der Waals surface area contributed by atoms with E-state index in [1.54, 1.807) is 0 Å².